The summed E-state index contributed by atoms with van der Waals surface area (Å²) in [5, 5.41) is 2.34. The Kier molecular flexibility index (Phi) is 10.7. The Hall–Kier alpha value is -7.11. The summed E-state index contributed by atoms with van der Waals surface area (Å²) in [6.07, 6.45) is 1.96. The highest BCUT2D eigenvalue weighted by molar-refractivity contribution is 6.09. The van der Waals surface area contributed by atoms with E-state index in [9.17, 15) is 0 Å². The second-order valence-corrected chi connectivity index (χ2v) is 21.5. The fraction of sp³-hybridized carbons (Fsp3) is 0.242. The van der Waals surface area contributed by atoms with Gasteiger partial charge < -0.3 is 14.5 Å². The minimum atomic E-state index is -0.317. The van der Waals surface area contributed by atoms with Gasteiger partial charge in [-0.1, -0.05) is 166 Å². The molecular formula is C62H62N4O. The lowest BCUT2D eigenvalue weighted by atomic mass is 9.78. The van der Waals surface area contributed by atoms with E-state index in [0.717, 1.165) is 45.1 Å². The highest BCUT2D eigenvalue weighted by Crippen LogP contribution is 2.47. The number of pyridine rings is 1. The molecular weight excluding hydrogens is 817 g/mol. The van der Waals surface area contributed by atoms with Crippen LogP contribution in [0.4, 0.5) is 22.7 Å². The summed E-state index contributed by atoms with van der Waals surface area (Å²) < 4.78 is 9.46. The Bertz CT molecular complexity index is 3260. The summed E-state index contributed by atoms with van der Waals surface area (Å²) in [7, 11) is 0. The van der Waals surface area contributed by atoms with Crippen LogP contribution in [0.3, 0.4) is 0 Å². The molecule has 0 unspecified atom stereocenters. The number of benzene rings is 7. The van der Waals surface area contributed by atoms with Crippen LogP contribution in [0.25, 0.3) is 27.6 Å². The van der Waals surface area contributed by atoms with Crippen LogP contribution in [0.2, 0.25) is 0 Å². The summed E-state index contributed by atoms with van der Waals surface area (Å²) in [5.74, 6) is 2.42. The molecule has 10 rings (SSSR count). The lowest BCUT2D eigenvalue weighted by Crippen LogP contribution is -2.25. The van der Waals surface area contributed by atoms with E-state index >= 15 is 0 Å². The van der Waals surface area contributed by atoms with E-state index in [1.54, 1.807) is 0 Å². The van der Waals surface area contributed by atoms with Crippen molar-refractivity contribution in [1.29, 1.82) is 0 Å². The first kappa shape index (κ1) is 43.8. The Morgan fingerprint density at radius 2 is 0.940 bits per heavy atom. The van der Waals surface area contributed by atoms with Crippen LogP contribution >= 0.6 is 0 Å². The number of nitrogens with zero attached hydrogens (tertiary/aromatic N) is 4. The third-order valence-corrected chi connectivity index (χ3v) is 14.2. The van der Waals surface area contributed by atoms with E-state index < -0.39 is 0 Å². The molecule has 1 aliphatic heterocycles. The zero-order valence-electron chi connectivity index (χ0n) is 40.7. The Labute approximate surface area is 397 Å². The quantitative estimate of drug-likeness (QED) is 0.145. The average Bonchev–Trinajstić information content (AvgIpc) is 3.87. The first-order chi connectivity index (χ1) is 32.0. The second-order valence-electron chi connectivity index (χ2n) is 21.5. The molecule has 0 aliphatic carbocycles. The van der Waals surface area contributed by atoms with E-state index in [1.165, 1.54) is 50.1 Å². The molecule has 0 saturated heterocycles. The van der Waals surface area contributed by atoms with Crippen molar-refractivity contribution in [2.24, 2.45) is 0 Å². The van der Waals surface area contributed by atoms with E-state index in [4.69, 9.17) is 9.72 Å². The molecule has 67 heavy (non-hydrogen) atoms. The van der Waals surface area contributed by atoms with Crippen LogP contribution in [-0.4, -0.2) is 16.2 Å². The molecule has 3 heterocycles. The zero-order valence-corrected chi connectivity index (χ0v) is 40.7. The van der Waals surface area contributed by atoms with Crippen LogP contribution in [0.1, 0.15) is 103 Å². The third-order valence-electron chi connectivity index (χ3n) is 14.2. The lowest BCUT2D eigenvalue weighted by Gasteiger charge is -2.29. The van der Waals surface area contributed by atoms with Gasteiger partial charge >= 0.3 is 0 Å². The number of aromatic nitrogens is 2. The smallest absolute Gasteiger partial charge is 0.137 e. The summed E-state index contributed by atoms with van der Waals surface area (Å²) in [6.45, 7) is 23.5. The largest absolute Gasteiger partial charge is 0.457 e. The van der Waals surface area contributed by atoms with Gasteiger partial charge in [-0.3, -0.25) is 4.57 Å². The van der Waals surface area contributed by atoms with Crippen molar-refractivity contribution in [2.75, 3.05) is 16.5 Å². The topological polar surface area (TPSA) is 33.5 Å². The Morgan fingerprint density at radius 3 is 1.55 bits per heavy atom. The van der Waals surface area contributed by atoms with Gasteiger partial charge in [-0.2, -0.15) is 0 Å². The van der Waals surface area contributed by atoms with Gasteiger partial charge in [0.1, 0.15) is 24.0 Å². The first-order valence-corrected chi connectivity index (χ1v) is 23.7. The zero-order chi connectivity index (χ0) is 46.9. The van der Waals surface area contributed by atoms with E-state index in [-0.39, 0.29) is 21.7 Å². The number of para-hydroxylation sites is 2. The van der Waals surface area contributed by atoms with Gasteiger partial charge in [0.15, 0.2) is 0 Å². The van der Waals surface area contributed by atoms with Crippen molar-refractivity contribution in [2.45, 2.75) is 90.9 Å². The minimum Gasteiger partial charge on any atom is -0.457 e. The van der Waals surface area contributed by atoms with Crippen molar-refractivity contribution in [3.63, 3.8) is 0 Å². The molecule has 0 spiro atoms. The maximum atomic E-state index is 7.13. The Balaban J connectivity index is 1.10. The van der Waals surface area contributed by atoms with Crippen LogP contribution < -0.4 is 14.5 Å². The molecule has 2 aromatic heterocycles. The van der Waals surface area contributed by atoms with Gasteiger partial charge in [-0.05, 0) is 111 Å². The van der Waals surface area contributed by atoms with Gasteiger partial charge in [0.25, 0.3) is 0 Å². The van der Waals surface area contributed by atoms with Gasteiger partial charge in [0.05, 0.1) is 22.4 Å². The molecule has 1 aliphatic rings. The summed E-state index contributed by atoms with van der Waals surface area (Å²) in [4.78, 5) is 9.93. The molecule has 0 fully saturated rings. The van der Waals surface area contributed by atoms with Gasteiger partial charge in [0, 0.05) is 51.3 Å². The molecule has 5 nitrogen and oxygen atoms in total. The number of rotatable bonds is 9. The van der Waals surface area contributed by atoms with E-state index in [1.807, 2.05) is 6.20 Å². The third kappa shape index (κ3) is 8.05. The minimum absolute atomic E-state index is 0.0334. The molecule has 7 aromatic carbocycles. The van der Waals surface area contributed by atoms with Crippen molar-refractivity contribution in [3.8, 4) is 17.3 Å². The van der Waals surface area contributed by atoms with Gasteiger partial charge in [0.2, 0.25) is 0 Å². The van der Waals surface area contributed by atoms with Crippen molar-refractivity contribution >= 4 is 44.6 Å². The fourth-order valence-corrected chi connectivity index (χ4v) is 9.84. The van der Waals surface area contributed by atoms with Crippen LogP contribution in [0.15, 0.2) is 182 Å². The van der Waals surface area contributed by atoms with Crippen molar-refractivity contribution < 1.29 is 4.74 Å². The van der Waals surface area contributed by atoms with Crippen LogP contribution in [0, 0.1) is 0 Å². The van der Waals surface area contributed by atoms with E-state index in [2.05, 4.69) is 260 Å². The highest BCUT2D eigenvalue weighted by atomic mass is 16.5. The normalized spacial score (nSPS) is 13.4. The summed E-state index contributed by atoms with van der Waals surface area (Å²) >= 11 is 0. The highest BCUT2D eigenvalue weighted by Gasteiger charge is 2.32. The van der Waals surface area contributed by atoms with Gasteiger partial charge in [-0.25, -0.2) is 4.98 Å². The number of anilines is 4. The summed E-state index contributed by atoms with van der Waals surface area (Å²) in [6, 6.07) is 64.0. The Morgan fingerprint density at radius 1 is 0.403 bits per heavy atom. The molecule has 9 aromatic rings. The van der Waals surface area contributed by atoms with E-state index in [0.29, 0.717) is 6.67 Å². The molecule has 0 N–H and O–H groups in total. The molecule has 0 amide bonds. The molecule has 0 saturated carbocycles. The molecule has 0 bridgehead atoms. The molecule has 0 atom stereocenters. The van der Waals surface area contributed by atoms with Gasteiger partial charge in [-0.15, -0.1) is 0 Å². The van der Waals surface area contributed by atoms with Crippen molar-refractivity contribution in [1.82, 2.24) is 9.55 Å². The predicted octanol–water partition coefficient (Wildman–Crippen LogP) is 16.5. The maximum absolute atomic E-state index is 7.13. The number of ether oxygens (including phenoxy) is 1. The first-order valence-electron chi connectivity index (χ1n) is 23.7. The fourth-order valence-electron chi connectivity index (χ4n) is 9.84. The van der Waals surface area contributed by atoms with Crippen LogP contribution in [0.5, 0.6) is 11.5 Å². The standard InChI is InChI=1S/C62H62N4O/c1-59(2,3)42-25-28-48(29-26-42)64-41-65(55-24-18-17-23-54(55)64)49-35-47(62(9,10)44-21-15-12-16-22-44)36-51(39-49)67-50-30-32-53-52-31-27-45(60(4,5)6)37-56(52)66(57(53)40-50)58-38-46(33-34-63-58)61(7,8)43-19-13-11-14-20-43/h11-40H,41H2,1-10H3. The predicted molar refractivity (Wildman–Crippen MR) is 282 cm³/mol. The lowest BCUT2D eigenvalue weighted by molar-refractivity contribution is 0.480. The average molecular weight is 879 g/mol. The molecule has 5 heteroatoms. The molecule has 0 radical (unpaired) electrons. The SMILES string of the molecule is CC(C)(C)c1ccc(N2CN(c3cc(Oc4ccc5c6ccc(C(C)(C)C)cc6n(-c6cc(C(C)(C)c7ccccc7)ccn6)c5c4)cc(C(C)(C)c4ccccc4)c3)c3ccccc32)cc1. The maximum Gasteiger partial charge on any atom is 0.137 e. The van der Waals surface area contributed by atoms with Crippen molar-refractivity contribution in [3.05, 3.63) is 216 Å². The second kappa shape index (κ2) is 16.3. The number of fused-ring (bicyclic) bond motifs is 4. The van der Waals surface area contributed by atoms with Crippen LogP contribution in [-0.2, 0) is 21.7 Å². The number of hydrogen-bond donors (Lipinski definition) is 0. The number of hydrogen-bond acceptors (Lipinski definition) is 4. The monoisotopic (exact) mass is 878 g/mol. The summed E-state index contributed by atoms with van der Waals surface area (Å²) in [5.41, 5.74) is 13.7. The molecule has 336 valence electrons.